The highest BCUT2D eigenvalue weighted by Gasteiger charge is 2.32. The Morgan fingerprint density at radius 1 is 1.33 bits per heavy atom. The van der Waals surface area contributed by atoms with Crippen molar-refractivity contribution in [1.29, 1.82) is 0 Å². The van der Waals surface area contributed by atoms with Crippen LogP contribution in [0.1, 0.15) is 16.1 Å². The summed E-state index contributed by atoms with van der Waals surface area (Å²) in [5, 5.41) is 12.3. The molecule has 5 nitrogen and oxygen atoms in total. The van der Waals surface area contributed by atoms with E-state index in [1.165, 1.54) is 12.1 Å². The summed E-state index contributed by atoms with van der Waals surface area (Å²) in [6.45, 7) is 0. The Hall–Kier alpha value is -2.38. The Morgan fingerprint density at radius 3 is 2.61 bits per heavy atom. The van der Waals surface area contributed by atoms with Crippen LogP contribution in [0.3, 0.4) is 0 Å². The molecule has 2 aromatic heterocycles. The number of alkyl halides is 3. The molecule has 0 saturated carbocycles. The van der Waals surface area contributed by atoms with Gasteiger partial charge in [0.15, 0.2) is 5.82 Å². The van der Waals surface area contributed by atoms with E-state index in [-0.39, 0.29) is 11.4 Å². The number of carbonyl (C=O) groups is 1. The molecule has 0 aliphatic carbocycles. The Labute approximate surface area is 98.5 Å². The topological polar surface area (TPSA) is 68.0 Å². The van der Waals surface area contributed by atoms with Crippen LogP contribution in [0.25, 0.3) is 5.82 Å². The molecule has 0 aromatic carbocycles. The second-order valence-electron chi connectivity index (χ2n) is 3.36. The number of nitrogens with zero attached hydrogens (tertiary/aromatic N) is 3. The Kier molecular flexibility index (Phi) is 2.77. The molecule has 8 heteroatoms. The largest absolute Gasteiger partial charge is 0.478 e. The smallest absolute Gasteiger partial charge is 0.433 e. The van der Waals surface area contributed by atoms with Gasteiger partial charge in [0.25, 0.3) is 0 Å². The summed E-state index contributed by atoms with van der Waals surface area (Å²) < 4.78 is 38.3. The van der Waals surface area contributed by atoms with Crippen molar-refractivity contribution in [2.24, 2.45) is 0 Å². The minimum atomic E-state index is -4.56. The summed E-state index contributed by atoms with van der Waals surface area (Å²) >= 11 is 0. The lowest BCUT2D eigenvalue weighted by Crippen LogP contribution is -2.10. The molecule has 0 aliphatic heterocycles. The van der Waals surface area contributed by atoms with Gasteiger partial charge in [-0.1, -0.05) is 6.07 Å². The van der Waals surface area contributed by atoms with Crippen molar-refractivity contribution in [1.82, 2.24) is 14.8 Å². The van der Waals surface area contributed by atoms with Crippen molar-refractivity contribution in [3.63, 3.8) is 0 Å². The molecule has 1 N–H and O–H groups in total. The van der Waals surface area contributed by atoms with Crippen molar-refractivity contribution in [2.45, 2.75) is 6.18 Å². The molecule has 94 valence electrons. The average molecular weight is 257 g/mol. The molecule has 0 saturated heterocycles. The van der Waals surface area contributed by atoms with Crippen molar-refractivity contribution in [2.75, 3.05) is 0 Å². The summed E-state index contributed by atoms with van der Waals surface area (Å²) in [5.41, 5.74) is -1.19. The van der Waals surface area contributed by atoms with E-state index in [2.05, 4.69) is 10.1 Å². The van der Waals surface area contributed by atoms with Gasteiger partial charge in [0.2, 0.25) is 0 Å². The first-order valence-electron chi connectivity index (χ1n) is 4.70. The molecule has 0 atom stereocenters. The van der Waals surface area contributed by atoms with E-state index in [0.717, 1.165) is 23.1 Å². The second kappa shape index (κ2) is 4.13. The number of halogens is 3. The monoisotopic (exact) mass is 257 g/mol. The molecule has 2 heterocycles. The molecule has 2 aromatic rings. The predicted molar refractivity (Wildman–Crippen MR) is 53.3 cm³/mol. The van der Waals surface area contributed by atoms with Crippen LogP contribution in [0.2, 0.25) is 0 Å². The molecular weight excluding hydrogens is 251 g/mol. The Morgan fingerprint density at radius 2 is 2.06 bits per heavy atom. The van der Waals surface area contributed by atoms with Crippen molar-refractivity contribution < 1.29 is 23.1 Å². The van der Waals surface area contributed by atoms with E-state index in [9.17, 15) is 18.0 Å². The summed E-state index contributed by atoms with van der Waals surface area (Å²) in [7, 11) is 0. The molecule has 0 aliphatic rings. The summed E-state index contributed by atoms with van der Waals surface area (Å²) in [4.78, 5) is 14.0. The van der Waals surface area contributed by atoms with Gasteiger partial charge in [-0.2, -0.15) is 18.3 Å². The van der Waals surface area contributed by atoms with Gasteiger partial charge >= 0.3 is 12.1 Å². The maximum Gasteiger partial charge on any atom is 0.433 e. The van der Waals surface area contributed by atoms with E-state index in [1.54, 1.807) is 0 Å². The van der Waals surface area contributed by atoms with Gasteiger partial charge in [0.1, 0.15) is 5.69 Å². The third kappa shape index (κ3) is 2.31. The first-order valence-corrected chi connectivity index (χ1v) is 4.70. The normalized spacial score (nSPS) is 11.5. The van der Waals surface area contributed by atoms with Crippen LogP contribution in [0, 0.1) is 0 Å². The summed E-state index contributed by atoms with van der Waals surface area (Å²) in [5.74, 6) is -1.31. The lowest BCUT2D eigenvalue weighted by atomic mass is 10.3. The lowest BCUT2D eigenvalue weighted by Gasteiger charge is -2.07. The zero-order chi connectivity index (χ0) is 13.3. The van der Waals surface area contributed by atoms with E-state index in [0.29, 0.717) is 0 Å². The van der Waals surface area contributed by atoms with Gasteiger partial charge in [-0.25, -0.2) is 14.5 Å². The van der Waals surface area contributed by atoms with Gasteiger partial charge in [-0.15, -0.1) is 0 Å². The van der Waals surface area contributed by atoms with Crippen LogP contribution in [0.4, 0.5) is 13.2 Å². The molecule has 0 unspecified atom stereocenters. The molecule has 0 amide bonds. The van der Waals surface area contributed by atoms with Crippen LogP contribution < -0.4 is 0 Å². The standard InChI is InChI=1S/C10H6F3N3O2/c11-10(12,13)7-2-1-3-8(15-7)16-5-6(4-14-16)9(17)18/h1-5H,(H,17,18). The van der Waals surface area contributed by atoms with Gasteiger partial charge in [0, 0.05) is 6.20 Å². The van der Waals surface area contributed by atoms with Crippen molar-refractivity contribution in [3.05, 3.63) is 41.9 Å². The molecule has 0 spiro atoms. The first-order chi connectivity index (χ1) is 8.38. The van der Waals surface area contributed by atoms with Crippen molar-refractivity contribution >= 4 is 5.97 Å². The number of hydrogen-bond donors (Lipinski definition) is 1. The first kappa shape index (κ1) is 12.1. The lowest BCUT2D eigenvalue weighted by molar-refractivity contribution is -0.141. The fourth-order valence-corrected chi connectivity index (χ4v) is 1.27. The average Bonchev–Trinajstić information content (AvgIpc) is 2.77. The molecule has 18 heavy (non-hydrogen) atoms. The fourth-order valence-electron chi connectivity index (χ4n) is 1.27. The number of pyridine rings is 1. The van der Waals surface area contributed by atoms with E-state index in [1.807, 2.05) is 0 Å². The number of aromatic carboxylic acids is 1. The van der Waals surface area contributed by atoms with Crippen LogP contribution in [0.15, 0.2) is 30.6 Å². The predicted octanol–water partition coefficient (Wildman–Crippen LogP) is 1.98. The second-order valence-corrected chi connectivity index (χ2v) is 3.36. The van der Waals surface area contributed by atoms with Crippen LogP contribution in [-0.4, -0.2) is 25.8 Å². The third-order valence-electron chi connectivity index (χ3n) is 2.09. The number of rotatable bonds is 2. The summed E-state index contributed by atoms with van der Waals surface area (Å²) in [6.07, 6.45) is -2.44. The van der Waals surface area contributed by atoms with Gasteiger partial charge < -0.3 is 5.11 Å². The highest BCUT2D eigenvalue weighted by Crippen LogP contribution is 2.27. The number of carboxylic acids is 1. The molecule has 0 bridgehead atoms. The van der Waals surface area contributed by atoms with E-state index >= 15 is 0 Å². The zero-order valence-corrected chi connectivity index (χ0v) is 8.72. The van der Waals surface area contributed by atoms with E-state index in [4.69, 9.17) is 5.11 Å². The van der Waals surface area contributed by atoms with Gasteiger partial charge in [-0.3, -0.25) is 0 Å². The highest BCUT2D eigenvalue weighted by molar-refractivity contribution is 5.86. The van der Waals surface area contributed by atoms with Gasteiger partial charge in [-0.05, 0) is 12.1 Å². The Balaban J connectivity index is 2.41. The molecule has 0 radical (unpaired) electrons. The zero-order valence-electron chi connectivity index (χ0n) is 8.72. The quantitative estimate of drug-likeness (QED) is 0.893. The summed E-state index contributed by atoms with van der Waals surface area (Å²) in [6, 6.07) is 3.30. The third-order valence-corrected chi connectivity index (χ3v) is 2.09. The fraction of sp³-hybridized carbons (Fsp3) is 0.100. The maximum atomic E-state index is 12.4. The van der Waals surface area contributed by atoms with Crippen molar-refractivity contribution in [3.8, 4) is 5.82 Å². The SMILES string of the molecule is O=C(O)c1cnn(-c2cccc(C(F)(F)F)n2)c1. The minimum absolute atomic E-state index is 0.0997. The van der Waals surface area contributed by atoms with E-state index < -0.39 is 17.8 Å². The number of hydrogen-bond acceptors (Lipinski definition) is 3. The van der Waals surface area contributed by atoms with Gasteiger partial charge in [0.05, 0.1) is 11.8 Å². The molecule has 2 rings (SSSR count). The number of carboxylic acid groups (broad SMARTS) is 1. The van der Waals surface area contributed by atoms with Crippen LogP contribution in [0.5, 0.6) is 0 Å². The molecule has 0 fully saturated rings. The molecular formula is C10H6F3N3O2. The highest BCUT2D eigenvalue weighted by atomic mass is 19.4. The minimum Gasteiger partial charge on any atom is -0.478 e. The Bertz CT molecular complexity index is 592. The maximum absolute atomic E-state index is 12.4. The number of aromatic nitrogens is 3. The van der Waals surface area contributed by atoms with Crippen LogP contribution in [-0.2, 0) is 6.18 Å². The van der Waals surface area contributed by atoms with Crippen LogP contribution >= 0.6 is 0 Å².